The van der Waals surface area contributed by atoms with Crippen LogP contribution < -0.4 is 0 Å². The number of aldehydes is 1. The van der Waals surface area contributed by atoms with E-state index in [1.54, 1.807) is 6.92 Å². The molecule has 1 aromatic carbocycles. The van der Waals surface area contributed by atoms with Crippen LogP contribution in [0.2, 0.25) is 0 Å². The quantitative estimate of drug-likeness (QED) is 0.493. The fraction of sp³-hybridized carbons (Fsp3) is 0.182. The largest absolute Gasteiger partial charge is 0.462 e. The molecule has 0 N–H and O–H groups in total. The third kappa shape index (κ3) is 2.41. The highest BCUT2D eigenvalue weighted by Gasteiger charge is 2.15. The number of rotatable bonds is 3. The average molecular weight is 235 g/mol. The third-order valence-corrected chi connectivity index (χ3v) is 2.30. The number of ether oxygens (including phenoxy) is 1. The Kier molecular flexibility index (Phi) is 4.09. The van der Waals surface area contributed by atoms with E-state index in [0.29, 0.717) is 11.2 Å². The molecule has 0 bridgehead atoms. The van der Waals surface area contributed by atoms with Crippen LogP contribution in [0.25, 0.3) is 0 Å². The van der Waals surface area contributed by atoms with Gasteiger partial charge in [-0.15, -0.1) is 12.6 Å². The van der Waals surface area contributed by atoms with E-state index in [4.69, 9.17) is 10.00 Å². The second-order valence-corrected chi connectivity index (χ2v) is 3.39. The van der Waals surface area contributed by atoms with Crippen molar-refractivity contribution in [2.24, 2.45) is 0 Å². The predicted octanol–water partition coefficient (Wildman–Crippen LogP) is 1.84. The van der Waals surface area contributed by atoms with E-state index in [2.05, 4.69) is 12.6 Å². The van der Waals surface area contributed by atoms with Crippen LogP contribution in [0.5, 0.6) is 0 Å². The molecule has 0 saturated heterocycles. The van der Waals surface area contributed by atoms with E-state index in [1.165, 1.54) is 12.1 Å². The maximum absolute atomic E-state index is 11.5. The Balaban J connectivity index is 3.31. The summed E-state index contributed by atoms with van der Waals surface area (Å²) in [6, 6.07) is 4.55. The molecule has 1 aromatic rings. The first kappa shape index (κ1) is 12.3. The SMILES string of the molecule is CCOC(=O)c1cc(C=O)c(S)cc1C#N. The summed E-state index contributed by atoms with van der Waals surface area (Å²) in [6.07, 6.45) is 0.576. The van der Waals surface area contributed by atoms with Crippen LogP contribution in [0.15, 0.2) is 17.0 Å². The lowest BCUT2D eigenvalue weighted by Gasteiger charge is -2.06. The fourth-order valence-electron chi connectivity index (χ4n) is 1.17. The lowest BCUT2D eigenvalue weighted by Crippen LogP contribution is -2.08. The van der Waals surface area contributed by atoms with E-state index in [1.807, 2.05) is 6.07 Å². The molecule has 1 rings (SSSR count). The third-order valence-electron chi connectivity index (χ3n) is 1.91. The van der Waals surface area contributed by atoms with Crippen molar-refractivity contribution in [3.63, 3.8) is 0 Å². The van der Waals surface area contributed by atoms with Crippen LogP contribution in [-0.4, -0.2) is 18.9 Å². The Morgan fingerprint density at radius 1 is 1.62 bits per heavy atom. The Hall–Kier alpha value is -1.80. The molecule has 0 fully saturated rings. The molecule has 0 aliphatic rings. The average Bonchev–Trinajstić information content (AvgIpc) is 2.28. The van der Waals surface area contributed by atoms with Gasteiger partial charge < -0.3 is 4.74 Å². The summed E-state index contributed by atoms with van der Waals surface area (Å²) in [4.78, 5) is 22.5. The second kappa shape index (κ2) is 5.33. The molecule has 0 aromatic heterocycles. The number of nitrogens with zero attached hydrogens (tertiary/aromatic N) is 1. The number of carbonyl (C=O) groups excluding carboxylic acids is 2. The van der Waals surface area contributed by atoms with Gasteiger partial charge >= 0.3 is 5.97 Å². The van der Waals surface area contributed by atoms with Crippen molar-refractivity contribution in [2.45, 2.75) is 11.8 Å². The summed E-state index contributed by atoms with van der Waals surface area (Å²) in [5, 5.41) is 8.84. The molecular formula is C11H9NO3S. The summed E-state index contributed by atoms with van der Waals surface area (Å²) in [5.41, 5.74) is 0.490. The van der Waals surface area contributed by atoms with Gasteiger partial charge in [-0.3, -0.25) is 4.79 Å². The normalized spacial score (nSPS) is 9.31. The molecule has 0 aliphatic carbocycles. The Morgan fingerprint density at radius 3 is 2.81 bits per heavy atom. The van der Waals surface area contributed by atoms with Crippen LogP contribution in [0, 0.1) is 11.3 Å². The minimum absolute atomic E-state index is 0.0873. The molecule has 5 heteroatoms. The first-order valence-corrected chi connectivity index (χ1v) is 4.98. The molecule has 0 saturated carbocycles. The summed E-state index contributed by atoms with van der Waals surface area (Å²) in [7, 11) is 0. The predicted molar refractivity (Wildman–Crippen MR) is 59.8 cm³/mol. The van der Waals surface area contributed by atoms with E-state index >= 15 is 0 Å². The molecular weight excluding hydrogens is 226 g/mol. The number of thiol groups is 1. The standard InChI is InChI=1S/C11H9NO3S/c1-2-15-11(14)9-3-8(6-13)10(16)4-7(9)5-12/h3-4,6,16H,2H2,1H3. The van der Waals surface area contributed by atoms with Crippen molar-refractivity contribution < 1.29 is 14.3 Å². The van der Waals surface area contributed by atoms with Crippen molar-refractivity contribution in [3.8, 4) is 6.07 Å². The summed E-state index contributed by atoms with van der Waals surface area (Å²) in [6.45, 7) is 1.88. The highest BCUT2D eigenvalue weighted by Crippen LogP contribution is 2.19. The molecule has 0 unspecified atom stereocenters. The van der Waals surface area contributed by atoms with Gasteiger partial charge in [0, 0.05) is 10.5 Å². The molecule has 0 radical (unpaired) electrons. The van der Waals surface area contributed by atoms with Crippen molar-refractivity contribution >= 4 is 24.9 Å². The molecule has 16 heavy (non-hydrogen) atoms. The summed E-state index contributed by atoms with van der Waals surface area (Å²) in [5.74, 6) is -0.615. The van der Waals surface area contributed by atoms with Crippen LogP contribution in [0.3, 0.4) is 0 Å². The minimum Gasteiger partial charge on any atom is -0.462 e. The van der Waals surface area contributed by atoms with E-state index < -0.39 is 5.97 Å². The van der Waals surface area contributed by atoms with E-state index in [9.17, 15) is 9.59 Å². The highest BCUT2D eigenvalue weighted by atomic mass is 32.1. The smallest absolute Gasteiger partial charge is 0.339 e. The Bertz CT molecular complexity index is 477. The van der Waals surface area contributed by atoms with Crippen LogP contribution in [0.1, 0.15) is 33.2 Å². The first-order chi connectivity index (χ1) is 7.63. The molecule has 0 spiro atoms. The van der Waals surface area contributed by atoms with Gasteiger partial charge in [0.05, 0.1) is 17.7 Å². The molecule has 82 valence electrons. The maximum atomic E-state index is 11.5. The highest BCUT2D eigenvalue weighted by molar-refractivity contribution is 7.80. The van der Waals surface area contributed by atoms with Gasteiger partial charge in [-0.05, 0) is 19.1 Å². The Labute approximate surface area is 98.2 Å². The van der Waals surface area contributed by atoms with Crippen molar-refractivity contribution in [1.29, 1.82) is 5.26 Å². The van der Waals surface area contributed by atoms with E-state index in [0.717, 1.165) is 0 Å². The molecule has 0 aliphatic heterocycles. The van der Waals surface area contributed by atoms with Gasteiger partial charge in [0.25, 0.3) is 0 Å². The van der Waals surface area contributed by atoms with Crippen molar-refractivity contribution in [3.05, 3.63) is 28.8 Å². The summed E-state index contributed by atoms with van der Waals surface area (Å²) < 4.78 is 4.78. The first-order valence-electron chi connectivity index (χ1n) is 4.53. The van der Waals surface area contributed by atoms with Crippen molar-refractivity contribution in [2.75, 3.05) is 6.61 Å². The van der Waals surface area contributed by atoms with Gasteiger partial charge in [0.1, 0.15) is 6.07 Å². The van der Waals surface area contributed by atoms with Crippen LogP contribution >= 0.6 is 12.6 Å². The lowest BCUT2D eigenvalue weighted by molar-refractivity contribution is 0.0526. The van der Waals surface area contributed by atoms with Gasteiger partial charge in [0.2, 0.25) is 0 Å². The van der Waals surface area contributed by atoms with Gasteiger partial charge in [-0.25, -0.2) is 4.79 Å². The number of hydrogen-bond acceptors (Lipinski definition) is 5. The number of nitriles is 1. The fourth-order valence-corrected chi connectivity index (χ4v) is 1.42. The van der Waals surface area contributed by atoms with Gasteiger partial charge in [0.15, 0.2) is 6.29 Å². The van der Waals surface area contributed by atoms with E-state index in [-0.39, 0.29) is 23.3 Å². The molecule has 0 amide bonds. The van der Waals surface area contributed by atoms with Crippen molar-refractivity contribution in [1.82, 2.24) is 0 Å². The van der Waals surface area contributed by atoms with Crippen LogP contribution in [0.4, 0.5) is 0 Å². The summed E-state index contributed by atoms with van der Waals surface area (Å²) >= 11 is 4.04. The molecule has 0 atom stereocenters. The Morgan fingerprint density at radius 2 is 2.31 bits per heavy atom. The second-order valence-electron chi connectivity index (χ2n) is 2.91. The maximum Gasteiger partial charge on any atom is 0.339 e. The number of hydrogen-bond donors (Lipinski definition) is 1. The number of esters is 1. The zero-order chi connectivity index (χ0) is 12.1. The minimum atomic E-state index is -0.615. The number of benzene rings is 1. The number of carbonyl (C=O) groups is 2. The zero-order valence-corrected chi connectivity index (χ0v) is 9.45. The molecule has 4 nitrogen and oxygen atoms in total. The molecule has 0 heterocycles. The lowest BCUT2D eigenvalue weighted by atomic mass is 10.1. The van der Waals surface area contributed by atoms with Gasteiger partial charge in [-0.1, -0.05) is 0 Å². The topological polar surface area (TPSA) is 67.2 Å². The van der Waals surface area contributed by atoms with Gasteiger partial charge in [-0.2, -0.15) is 5.26 Å². The monoisotopic (exact) mass is 235 g/mol. The van der Waals surface area contributed by atoms with Crippen LogP contribution in [-0.2, 0) is 4.74 Å². The zero-order valence-electron chi connectivity index (χ0n) is 8.56.